The summed E-state index contributed by atoms with van der Waals surface area (Å²) in [6.45, 7) is 7.91. The van der Waals surface area contributed by atoms with Crippen LogP contribution in [0.2, 0.25) is 0 Å². The second kappa shape index (κ2) is 9.68. The van der Waals surface area contributed by atoms with Gasteiger partial charge in [0.2, 0.25) is 0 Å². The van der Waals surface area contributed by atoms with Gasteiger partial charge in [-0.25, -0.2) is 0 Å². The molecule has 0 aliphatic heterocycles. The van der Waals surface area contributed by atoms with Crippen LogP contribution in [0.1, 0.15) is 74.9 Å². The molecule has 2 rings (SSSR count). The van der Waals surface area contributed by atoms with Crippen LogP contribution in [-0.4, -0.2) is 44.9 Å². The molecule has 0 bridgehead atoms. The van der Waals surface area contributed by atoms with E-state index < -0.39 is 52.0 Å². The lowest BCUT2D eigenvalue weighted by molar-refractivity contribution is -0.127. The van der Waals surface area contributed by atoms with E-state index in [1.807, 2.05) is 0 Å². The van der Waals surface area contributed by atoms with Crippen molar-refractivity contribution in [3.05, 3.63) is 39.4 Å². The molecule has 0 saturated heterocycles. The number of Topliss-reactive ketones (excluding diaryl/α,β-unsaturated/α-hetero) is 3. The highest BCUT2D eigenvalue weighted by Crippen LogP contribution is 2.46. The smallest absolute Gasteiger partial charge is 0.183 e. The maximum absolute atomic E-state index is 12.9. The zero-order chi connectivity index (χ0) is 25.2. The van der Waals surface area contributed by atoms with Crippen molar-refractivity contribution < 1.29 is 39.5 Å². The summed E-state index contributed by atoms with van der Waals surface area (Å²) in [6, 6.07) is 0. The number of carbonyl (C=O) groups excluding carboxylic acids is 3. The zero-order valence-electron chi connectivity index (χ0n) is 20.0. The molecule has 0 saturated carbocycles. The number of carbonyl (C=O) groups is 3. The van der Waals surface area contributed by atoms with E-state index in [1.54, 1.807) is 13.8 Å². The fourth-order valence-corrected chi connectivity index (χ4v) is 4.05. The van der Waals surface area contributed by atoms with Crippen LogP contribution >= 0.6 is 0 Å². The lowest BCUT2D eigenvalue weighted by atomic mass is 9.73. The summed E-state index contributed by atoms with van der Waals surface area (Å²) >= 11 is 0. The van der Waals surface area contributed by atoms with E-state index in [4.69, 9.17) is 4.74 Å². The molecule has 1 aromatic carbocycles. The molecule has 0 unspecified atom stereocenters. The van der Waals surface area contributed by atoms with Crippen LogP contribution in [0.25, 0.3) is 0 Å². The Bertz CT molecular complexity index is 1070. The van der Waals surface area contributed by atoms with E-state index >= 15 is 0 Å². The van der Waals surface area contributed by atoms with Gasteiger partial charge in [-0.3, -0.25) is 14.4 Å². The molecule has 8 heteroatoms. The molecule has 4 N–H and O–H groups in total. The molecule has 0 fully saturated rings. The SMILES string of the molecule is CCCC(=O)C1=C(O)C(Cc2c(O)c(C)c(OC)c(C(=O)CCC)c2O)=C(O)C(C)(C)C1=O. The Hall–Kier alpha value is -3.29. The molecule has 0 aromatic heterocycles. The van der Waals surface area contributed by atoms with E-state index in [9.17, 15) is 34.8 Å². The molecule has 1 aliphatic carbocycles. The number of phenols is 2. The van der Waals surface area contributed by atoms with E-state index in [0.717, 1.165) is 0 Å². The van der Waals surface area contributed by atoms with Gasteiger partial charge >= 0.3 is 0 Å². The highest BCUT2D eigenvalue weighted by Gasteiger charge is 2.45. The number of ether oxygens (including phenoxy) is 1. The predicted octanol–water partition coefficient (Wildman–Crippen LogP) is 4.54. The van der Waals surface area contributed by atoms with E-state index in [0.29, 0.717) is 12.8 Å². The Morgan fingerprint density at radius 2 is 1.48 bits per heavy atom. The monoisotopic (exact) mass is 460 g/mol. The van der Waals surface area contributed by atoms with Gasteiger partial charge in [0, 0.05) is 36.0 Å². The number of ketones is 3. The molecule has 8 nitrogen and oxygen atoms in total. The van der Waals surface area contributed by atoms with Crippen LogP contribution < -0.4 is 4.74 Å². The molecule has 0 heterocycles. The number of benzene rings is 1. The summed E-state index contributed by atoms with van der Waals surface area (Å²) in [7, 11) is 1.31. The minimum atomic E-state index is -1.51. The van der Waals surface area contributed by atoms with Crippen LogP contribution in [0.5, 0.6) is 17.2 Å². The van der Waals surface area contributed by atoms with Crippen LogP contribution in [-0.2, 0) is 16.0 Å². The third-order valence-electron chi connectivity index (χ3n) is 6.00. The fourth-order valence-electron chi connectivity index (χ4n) is 4.05. The molecule has 180 valence electrons. The summed E-state index contributed by atoms with van der Waals surface area (Å²) in [4.78, 5) is 38.2. The average Bonchev–Trinajstić information content (AvgIpc) is 2.75. The largest absolute Gasteiger partial charge is 0.511 e. The van der Waals surface area contributed by atoms with Gasteiger partial charge in [-0.1, -0.05) is 13.8 Å². The van der Waals surface area contributed by atoms with Crippen molar-refractivity contribution in [2.45, 2.75) is 66.7 Å². The predicted molar refractivity (Wildman–Crippen MR) is 122 cm³/mol. The van der Waals surface area contributed by atoms with Gasteiger partial charge in [0.05, 0.1) is 12.5 Å². The van der Waals surface area contributed by atoms with Gasteiger partial charge in [-0.2, -0.15) is 0 Å². The number of methoxy groups -OCH3 is 1. The Morgan fingerprint density at radius 3 is 2.00 bits per heavy atom. The molecule has 0 radical (unpaired) electrons. The number of phenolic OH excluding ortho intramolecular Hbond substituents is 2. The Balaban J connectivity index is 2.79. The molecule has 0 spiro atoms. The van der Waals surface area contributed by atoms with Crippen molar-refractivity contribution in [1.82, 2.24) is 0 Å². The maximum Gasteiger partial charge on any atom is 0.183 e. The summed E-state index contributed by atoms with van der Waals surface area (Å²) < 4.78 is 5.26. The second-order valence-electron chi connectivity index (χ2n) is 8.74. The topological polar surface area (TPSA) is 141 Å². The van der Waals surface area contributed by atoms with Gasteiger partial charge in [-0.15, -0.1) is 0 Å². The lowest BCUT2D eigenvalue weighted by Crippen LogP contribution is -2.36. The fraction of sp³-hybridized carbons (Fsp3) is 0.480. The molecule has 0 amide bonds. The highest BCUT2D eigenvalue weighted by atomic mass is 16.5. The molecule has 1 aliphatic rings. The van der Waals surface area contributed by atoms with E-state index in [1.165, 1.54) is 27.9 Å². The molecule has 1 aromatic rings. The zero-order valence-corrected chi connectivity index (χ0v) is 20.0. The number of hydrogen-bond donors (Lipinski definition) is 4. The minimum Gasteiger partial charge on any atom is -0.511 e. The molecule has 0 atom stereocenters. The summed E-state index contributed by atoms with van der Waals surface area (Å²) in [5, 5.41) is 43.4. The van der Waals surface area contributed by atoms with Crippen LogP contribution in [0, 0.1) is 12.3 Å². The van der Waals surface area contributed by atoms with E-state index in [2.05, 4.69) is 0 Å². The third kappa shape index (κ3) is 4.34. The van der Waals surface area contributed by atoms with Crippen LogP contribution in [0.4, 0.5) is 0 Å². The van der Waals surface area contributed by atoms with Crippen molar-refractivity contribution in [3.8, 4) is 17.2 Å². The van der Waals surface area contributed by atoms with Gasteiger partial charge in [0.15, 0.2) is 17.3 Å². The second-order valence-corrected chi connectivity index (χ2v) is 8.74. The number of rotatable bonds is 9. The quantitative estimate of drug-likeness (QED) is 0.311. The number of aliphatic hydroxyl groups excluding tert-OH is 2. The first kappa shape index (κ1) is 26.0. The number of aromatic hydroxyl groups is 2. The molecular formula is C25H32O8. The molecule has 33 heavy (non-hydrogen) atoms. The Kier molecular flexibility index (Phi) is 7.62. The van der Waals surface area contributed by atoms with Gasteiger partial charge in [0.1, 0.15) is 39.9 Å². The van der Waals surface area contributed by atoms with Crippen molar-refractivity contribution in [1.29, 1.82) is 0 Å². The number of hydrogen-bond acceptors (Lipinski definition) is 8. The Morgan fingerprint density at radius 1 is 0.939 bits per heavy atom. The van der Waals surface area contributed by atoms with Crippen molar-refractivity contribution in [2.75, 3.05) is 7.11 Å². The highest BCUT2D eigenvalue weighted by molar-refractivity contribution is 6.24. The van der Waals surface area contributed by atoms with Gasteiger partial charge < -0.3 is 25.2 Å². The molecular weight excluding hydrogens is 428 g/mol. The Labute approximate surface area is 193 Å². The first-order chi connectivity index (χ1) is 15.4. The normalized spacial score (nSPS) is 15.8. The lowest BCUT2D eigenvalue weighted by Gasteiger charge is -2.31. The summed E-state index contributed by atoms with van der Waals surface area (Å²) in [5.41, 5.74) is -2.14. The van der Waals surface area contributed by atoms with Crippen LogP contribution in [0.3, 0.4) is 0 Å². The van der Waals surface area contributed by atoms with Gasteiger partial charge in [-0.05, 0) is 33.6 Å². The first-order valence-corrected chi connectivity index (χ1v) is 10.9. The third-order valence-corrected chi connectivity index (χ3v) is 6.00. The average molecular weight is 461 g/mol. The van der Waals surface area contributed by atoms with Crippen molar-refractivity contribution in [2.24, 2.45) is 5.41 Å². The summed E-state index contributed by atoms with van der Waals surface area (Å²) in [5.74, 6) is -3.74. The van der Waals surface area contributed by atoms with Crippen molar-refractivity contribution >= 4 is 17.3 Å². The minimum absolute atomic E-state index is 0.0307. The van der Waals surface area contributed by atoms with E-state index in [-0.39, 0.29) is 46.6 Å². The van der Waals surface area contributed by atoms with Gasteiger partial charge in [0.25, 0.3) is 0 Å². The first-order valence-electron chi connectivity index (χ1n) is 10.9. The maximum atomic E-state index is 12.9. The number of aliphatic hydroxyl groups is 2. The van der Waals surface area contributed by atoms with Crippen LogP contribution in [0.15, 0.2) is 22.7 Å². The number of allylic oxidation sites excluding steroid dienone is 3. The summed E-state index contributed by atoms with van der Waals surface area (Å²) in [6.07, 6.45) is 0.709. The van der Waals surface area contributed by atoms with Crippen molar-refractivity contribution in [3.63, 3.8) is 0 Å². The standard InChI is InChI=1S/C25H32O8/c1-7-9-15(26)17-20(29)13(19(28)12(3)22(17)33-6)11-14-21(30)18(16(27)10-8-2)24(32)25(4,5)23(14)31/h28-31H,7-11H2,1-6H3.